The van der Waals surface area contributed by atoms with E-state index in [0.29, 0.717) is 17.5 Å². The molecule has 0 aliphatic rings. The second-order valence-corrected chi connectivity index (χ2v) is 9.08. The summed E-state index contributed by atoms with van der Waals surface area (Å²) in [6.07, 6.45) is 7.82. The summed E-state index contributed by atoms with van der Waals surface area (Å²) < 4.78 is 29.1. The van der Waals surface area contributed by atoms with Gasteiger partial charge in [0.1, 0.15) is 11.6 Å². The average molecular weight is 473 g/mol. The van der Waals surface area contributed by atoms with Crippen molar-refractivity contribution in [1.29, 1.82) is 0 Å². The first-order chi connectivity index (χ1) is 16.5. The summed E-state index contributed by atoms with van der Waals surface area (Å²) in [4.78, 5) is 1.21. The molecule has 0 spiro atoms. The topological polar surface area (TPSA) is 0 Å². The first-order valence-corrected chi connectivity index (χ1v) is 13.1. The molecular weight excluding hydrogens is 442 g/mol. The third-order valence-corrected chi connectivity index (χ3v) is 6.41. The minimum absolute atomic E-state index is 0.173. The minimum atomic E-state index is -0.594. The second kappa shape index (κ2) is 13.0. The Morgan fingerprint density at radius 1 is 0.735 bits per heavy atom. The Morgan fingerprint density at radius 3 is 2.06 bits per heavy atom. The van der Waals surface area contributed by atoms with Crippen LogP contribution in [-0.2, 0) is 12.8 Å². The number of rotatable bonds is 7. The molecule has 0 atom stereocenters. The van der Waals surface area contributed by atoms with Gasteiger partial charge >= 0.3 is 0 Å². The van der Waals surface area contributed by atoms with E-state index >= 15 is 0 Å². The first-order valence-electron chi connectivity index (χ1n) is 11.8. The van der Waals surface area contributed by atoms with Crippen LogP contribution in [0.3, 0.4) is 0 Å². The zero-order valence-electron chi connectivity index (χ0n) is 20.1. The standard InChI is InChI=1S/C31H30F2S/c1-4-6-7-8-9-25-21-30(32)29(31(33)22-25)19-14-24-11-16-27(26(5-2)20-24)15-10-23-12-17-28(34-3)18-13-23/h11-13,16-18,20-22H,4-9H2,1-3H3. The number of hydrogen-bond acceptors (Lipinski definition) is 1. The highest BCUT2D eigenvalue weighted by Gasteiger charge is 2.09. The molecule has 0 fully saturated rings. The molecule has 0 N–H and O–H groups in total. The Balaban J connectivity index is 1.77. The zero-order valence-corrected chi connectivity index (χ0v) is 20.9. The molecular formula is C31H30F2S. The van der Waals surface area contributed by atoms with Gasteiger partial charge in [-0.25, -0.2) is 8.78 Å². The van der Waals surface area contributed by atoms with Crippen molar-refractivity contribution in [2.24, 2.45) is 0 Å². The predicted octanol–water partition coefficient (Wildman–Crippen LogP) is 8.17. The lowest BCUT2D eigenvalue weighted by Crippen LogP contribution is -1.96. The van der Waals surface area contributed by atoms with Crippen LogP contribution in [0.15, 0.2) is 59.5 Å². The molecule has 3 rings (SSSR count). The van der Waals surface area contributed by atoms with Crippen molar-refractivity contribution < 1.29 is 8.78 Å². The third-order valence-electron chi connectivity index (χ3n) is 5.67. The van der Waals surface area contributed by atoms with Crippen LogP contribution in [0.25, 0.3) is 0 Å². The molecule has 0 saturated carbocycles. The zero-order chi connectivity index (χ0) is 24.3. The lowest BCUT2D eigenvalue weighted by Gasteiger charge is -2.05. The van der Waals surface area contributed by atoms with Gasteiger partial charge < -0.3 is 0 Å². The predicted molar refractivity (Wildman–Crippen MR) is 140 cm³/mol. The molecule has 0 aromatic heterocycles. The lowest BCUT2D eigenvalue weighted by atomic mass is 10.0. The quantitative estimate of drug-likeness (QED) is 0.190. The van der Waals surface area contributed by atoms with E-state index in [1.54, 1.807) is 11.8 Å². The summed E-state index contributed by atoms with van der Waals surface area (Å²) in [6.45, 7) is 4.20. The summed E-state index contributed by atoms with van der Waals surface area (Å²) >= 11 is 1.70. The van der Waals surface area contributed by atoms with Crippen molar-refractivity contribution in [3.63, 3.8) is 0 Å². The fourth-order valence-corrected chi connectivity index (χ4v) is 4.09. The molecule has 0 aliphatic carbocycles. The van der Waals surface area contributed by atoms with E-state index in [-0.39, 0.29) is 5.56 Å². The Hall–Kier alpha value is -3.01. The lowest BCUT2D eigenvalue weighted by molar-refractivity contribution is 0.571. The van der Waals surface area contributed by atoms with Crippen molar-refractivity contribution in [1.82, 2.24) is 0 Å². The maximum Gasteiger partial charge on any atom is 0.142 e. The van der Waals surface area contributed by atoms with Gasteiger partial charge in [0.25, 0.3) is 0 Å². The van der Waals surface area contributed by atoms with E-state index < -0.39 is 11.6 Å². The Labute approximate surface area is 207 Å². The molecule has 0 heterocycles. The number of hydrogen-bond donors (Lipinski definition) is 0. The van der Waals surface area contributed by atoms with Gasteiger partial charge in [0.2, 0.25) is 0 Å². The second-order valence-electron chi connectivity index (χ2n) is 8.20. The van der Waals surface area contributed by atoms with Crippen LogP contribution in [0.1, 0.15) is 72.9 Å². The van der Waals surface area contributed by atoms with Gasteiger partial charge in [0.15, 0.2) is 0 Å². The average Bonchev–Trinajstić information content (AvgIpc) is 2.85. The van der Waals surface area contributed by atoms with E-state index in [9.17, 15) is 8.78 Å². The molecule has 3 heteroatoms. The highest BCUT2D eigenvalue weighted by atomic mass is 32.2. The van der Waals surface area contributed by atoms with Gasteiger partial charge in [-0.1, -0.05) is 56.8 Å². The SMILES string of the molecule is CCCCCCc1cc(F)c(C#Cc2ccc(C#Cc3ccc(SC)cc3)c(CC)c2)c(F)c1. The molecule has 0 nitrogen and oxygen atoms in total. The van der Waals surface area contributed by atoms with Crippen LogP contribution in [0, 0.1) is 35.3 Å². The van der Waals surface area contributed by atoms with Gasteiger partial charge in [0.05, 0.1) is 5.56 Å². The van der Waals surface area contributed by atoms with Crippen LogP contribution in [0.5, 0.6) is 0 Å². The fourth-order valence-electron chi connectivity index (χ4n) is 3.68. The summed E-state index contributed by atoms with van der Waals surface area (Å²) in [7, 11) is 0. The monoisotopic (exact) mass is 472 g/mol. The number of unbranched alkanes of at least 4 members (excludes halogenated alkanes) is 3. The van der Waals surface area contributed by atoms with E-state index in [2.05, 4.69) is 49.7 Å². The summed E-state index contributed by atoms with van der Waals surface area (Å²) in [5, 5.41) is 0. The van der Waals surface area contributed by atoms with Crippen LogP contribution < -0.4 is 0 Å². The molecule has 3 aromatic rings. The van der Waals surface area contributed by atoms with Gasteiger partial charge in [-0.05, 0) is 91.2 Å². The maximum atomic E-state index is 14.5. The normalized spacial score (nSPS) is 10.3. The van der Waals surface area contributed by atoms with Crippen molar-refractivity contribution in [3.8, 4) is 23.7 Å². The first kappa shape index (κ1) is 25.6. The highest BCUT2D eigenvalue weighted by Crippen LogP contribution is 2.18. The highest BCUT2D eigenvalue weighted by molar-refractivity contribution is 7.98. The number of halogens is 2. The van der Waals surface area contributed by atoms with Crippen LogP contribution in [0.2, 0.25) is 0 Å². The fraction of sp³-hybridized carbons (Fsp3) is 0.290. The van der Waals surface area contributed by atoms with Crippen molar-refractivity contribution in [2.75, 3.05) is 6.26 Å². The summed E-state index contributed by atoms with van der Waals surface area (Å²) in [6, 6.07) is 16.7. The van der Waals surface area contributed by atoms with E-state index in [1.807, 2.05) is 36.6 Å². The Morgan fingerprint density at radius 2 is 1.41 bits per heavy atom. The van der Waals surface area contributed by atoms with Gasteiger partial charge in [-0.15, -0.1) is 11.8 Å². The van der Waals surface area contributed by atoms with Gasteiger partial charge in [-0.2, -0.15) is 0 Å². The molecule has 0 amide bonds. The van der Waals surface area contributed by atoms with Gasteiger partial charge in [0, 0.05) is 21.6 Å². The Bertz CT molecular complexity index is 1210. The number of benzene rings is 3. The molecule has 0 saturated heterocycles. The molecule has 0 unspecified atom stereocenters. The van der Waals surface area contributed by atoms with E-state index in [4.69, 9.17) is 0 Å². The van der Waals surface area contributed by atoms with E-state index in [0.717, 1.165) is 48.8 Å². The third kappa shape index (κ3) is 7.24. The summed E-state index contributed by atoms with van der Waals surface area (Å²) in [5.41, 5.74) is 4.19. The van der Waals surface area contributed by atoms with Crippen LogP contribution in [-0.4, -0.2) is 6.26 Å². The van der Waals surface area contributed by atoms with Gasteiger partial charge in [-0.3, -0.25) is 0 Å². The molecule has 0 aliphatic heterocycles. The number of thioether (sulfide) groups is 1. The molecule has 34 heavy (non-hydrogen) atoms. The summed E-state index contributed by atoms with van der Waals surface area (Å²) in [5.74, 6) is 10.9. The van der Waals surface area contributed by atoms with Crippen LogP contribution in [0.4, 0.5) is 8.78 Å². The molecule has 3 aromatic carbocycles. The van der Waals surface area contributed by atoms with E-state index in [1.165, 1.54) is 17.0 Å². The van der Waals surface area contributed by atoms with Crippen LogP contribution >= 0.6 is 11.8 Å². The van der Waals surface area contributed by atoms with Crippen molar-refractivity contribution in [3.05, 3.63) is 99.6 Å². The molecule has 0 bridgehead atoms. The molecule has 174 valence electrons. The maximum absolute atomic E-state index is 14.5. The minimum Gasteiger partial charge on any atom is -0.206 e. The van der Waals surface area contributed by atoms with Crippen molar-refractivity contribution >= 4 is 11.8 Å². The van der Waals surface area contributed by atoms with Crippen molar-refractivity contribution in [2.45, 2.75) is 57.3 Å². The molecule has 0 radical (unpaired) electrons. The number of aryl methyl sites for hydroxylation is 2. The largest absolute Gasteiger partial charge is 0.206 e. The Kier molecular flexibility index (Phi) is 9.81. The smallest absolute Gasteiger partial charge is 0.142 e.